The average molecular weight is 431 g/mol. The zero-order chi connectivity index (χ0) is 22.3. The summed E-state index contributed by atoms with van der Waals surface area (Å²) in [6.07, 6.45) is 18.4. The van der Waals surface area contributed by atoms with E-state index in [1.54, 1.807) is 0 Å². The molecular weight excluding hydrogens is 384 g/mol. The summed E-state index contributed by atoms with van der Waals surface area (Å²) in [5.74, 6) is -0.383. The number of aliphatic hydroxyl groups excluding tert-OH is 2. The fourth-order valence-corrected chi connectivity index (χ4v) is 3.08. The van der Waals surface area contributed by atoms with Gasteiger partial charge in [-0.25, -0.2) is 0 Å². The SMILES string of the molecule is CCCCCCCCC=CCCCCCCCC(=O)OC(O)CCOCCC(O)O. The Bertz CT molecular complexity index is 397. The first-order chi connectivity index (χ1) is 14.6. The molecule has 0 spiro atoms. The lowest BCUT2D eigenvalue weighted by Gasteiger charge is -2.12. The summed E-state index contributed by atoms with van der Waals surface area (Å²) < 4.78 is 10.0. The van der Waals surface area contributed by atoms with Crippen molar-refractivity contribution in [1.29, 1.82) is 0 Å². The summed E-state index contributed by atoms with van der Waals surface area (Å²) >= 11 is 0. The highest BCUT2D eigenvalue weighted by Gasteiger charge is 2.10. The Balaban J connectivity index is 3.35. The monoisotopic (exact) mass is 430 g/mol. The van der Waals surface area contributed by atoms with E-state index in [4.69, 9.17) is 19.7 Å². The van der Waals surface area contributed by atoms with Gasteiger partial charge in [0.2, 0.25) is 6.29 Å². The smallest absolute Gasteiger partial charge is 0.308 e. The lowest BCUT2D eigenvalue weighted by atomic mass is 10.1. The van der Waals surface area contributed by atoms with Crippen molar-refractivity contribution in [1.82, 2.24) is 0 Å². The van der Waals surface area contributed by atoms with Gasteiger partial charge in [0.25, 0.3) is 0 Å². The molecular formula is C24H46O6. The molecule has 3 N–H and O–H groups in total. The molecule has 0 saturated heterocycles. The maximum Gasteiger partial charge on any atom is 0.308 e. The minimum absolute atomic E-state index is 0.116. The maximum atomic E-state index is 11.7. The van der Waals surface area contributed by atoms with Crippen LogP contribution in [0.15, 0.2) is 12.2 Å². The summed E-state index contributed by atoms with van der Waals surface area (Å²) in [6, 6.07) is 0. The molecule has 6 nitrogen and oxygen atoms in total. The second kappa shape index (κ2) is 22.7. The summed E-state index contributed by atoms with van der Waals surface area (Å²) in [7, 11) is 0. The molecule has 0 heterocycles. The largest absolute Gasteiger partial charge is 0.436 e. The minimum Gasteiger partial charge on any atom is -0.436 e. The van der Waals surface area contributed by atoms with Crippen LogP contribution in [0.25, 0.3) is 0 Å². The van der Waals surface area contributed by atoms with Gasteiger partial charge >= 0.3 is 5.97 Å². The third kappa shape index (κ3) is 23.3. The molecule has 1 atom stereocenters. The molecule has 0 amide bonds. The van der Waals surface area contributed by atoms with Gasteiger partial charge in [0, 0.05) is 19.3 Å². The Labute approximate surface area is 183 Å². The van der Waals surface area contributed by atoms with Gasteiger partial charge in [-0.2, -0.15) is 0 Å². The molecule has 0 rings (SSSR count). The van der Waals surface area contributed by atoms with E-state index < -0.39 is 12.6 Å². The van der Waals surface area contributed by atoms with Crippen LogP contribution in [-0.4, -0.2) is 47.1 Å². The number of unbranched alkanes of at least 4 members (excludes halogenated alkanes) is 11. The lowest BCUT2D eigenvalue weighted by molar-refractivity contribution is -0.170. The van der Waals surface area contributed by atoms with Crippen LogP contribution in [0, 0.1) is 0 Å². The molecule has 1 unspecified atom stereocenters. The summed E-state index contributed by atoms with van der Waals surface area (Å²) in [6.45, 7) is 2.64. The number of esters is 1. The highest BCUT2D eigenvalue weighted by Crippen LogP contribution is 2.10. The van der Waals surface area contributed by atoms with Gasteiger partial charge in [-0.15, -0.1) is 0 Å². The first-order valence-electron chi connectivity index (χ1n) is 12.0. The standard InChI is InChI=1S/C24H46O6/c1-2-3-4-5-6-7-8-9-10-11-12-13-14-15-16-17-23(27)30-24(28)19-21-29-20-18-22(25)26/h9-10,22,24-26,28H,2-8,11-21H2,1H3. The van der Waals surface area contributed by atoms with E-state index in [0.29, 0.717) is 6.42 Å². The third-order valence-electron chi connectivity index (χ3n) is 4.94. The van der Waals surface area contributed by atoms with Crippen LogP contribution in [0.2, 0.25) is 0 Å². The third-order valence-corrected chi connectivity index (χ3v) is 4.94. The van der Waals surface area contributed by atoms with Gasteiger partial charge in [-0.1, -0.05) is 70.4 Å². The molecule has 0 aromatic carbocycles. The first-order valence-corrected chi connectivity index (χ1v) is 12.0. The Morgan fingerprint density at radius 2 is 1.30 bits per heavy atom. The summed E-state index contributed by atoms with van der Waals surface area (Å²) in [4.78, 5) is 11.7. The highest BCUT2D eigenvalue weighted by molar-refractivity contribution is 5.69. The van der Waals surface area contributed by atoms with Crippen molar-refractivity contribution in [3.05, 3.63) is 12.2 Å². The maximum absolute atomic E-state index is 11.7. The van der Waals surface area contributed by atoms with E-state index in [-0.39, 0.29) is 32.0 Å². The Hall–Kier alpha value is -0.950. The Morgan fingerprint density at radius 3 is 1.90 bits per heavy atom. The molecule has 6 heteroatoms. The van der Waals surface area contributed by atoms with Gasteiger partial charge in [0.1, 0.15) is 0 Å². The van der Waals surface area contributed by atoms with Crippen molar-refractivity contribution in [3.8, 4) is 0 Å². The van der Waals surface area contributed by atoms with Crippen LogP contribution in [0.3, 0.4) is 0 Å². The molecule has 0 bridgehead atoms. The number of aliphatic hydroxyl groups is 3. The Kier molecular flexibility index (Phi) is 22.0. The van der Waals surface area contributed by atoms with Crippen molar-refractivity contribution in [2.24, 2.45) is 0 Å². The normalized spacial score (nSPS) is 12.7. The molecule has 0 fully saturated rings. The number of rotatable bonds is 22. The number of ether oxygens (including phenoxy) is 2. The van der Waals surface area contributed by atoms with Crippen molar-refractivity contribution < 1.29 is 29.6 Å². The van der Waals surface area contributed by atoms with E-state index >= 15 is 0 Å². The predicted octanol–water partition coefficient (Wildman–Crippen LogP) is 4.99. The molecule has 30 heavy (non-hydrogen) atoms. The van der Waals surface area contributed by atoms with Gasteiger partial charge in [-0.3, -0.25) is 4.79 Å². The lowest BCUT2D eigenvalue weighted by Crippen LogP contribution is -2.20. The number of carbonyl (C=O) groups is 1. The minimum atomic E-state index is -1.39. The first kappa shape index (κ1) is 29.1. The van der Waals surface area contributed by atoms with Gasteiger partial charge in [0.05, 0.1) is 13.2 Å². The number of allylic oxidation sites excluding steroid dienone is 2. The average Bonchev–Trinajstić information content (AvgIpc) is 2.70. The van der Waals surface area contributed by atoms with E-state index in [1.807, 2.05) is 0 Å². The predicted molar refractivity (Wildman–Crippen MR) is 120 cm³/mol. The van der Waals surface area contributed by atoms with Gasteiger partial charge < -0.3 is 24.8 Å². The van der Waals surface area contributed by atoms with Crippen molar-refractivity contribution in [3.63, 3.8) is 0 Å². The van der Waals surface area contributed by atoms with Crippen LogP contribution in [0.4, 0.5) is 0 Å². The molecule has 0 aromatic heterocycles. The zero-order valence-corrected chi connectivity index (χ0v) is 19.1. The topological polar surface area (TPSA) is 96.2 Å². The fraction of sp³-hybridized carbons (Fsp3) is 0.875. The van der Waals surface area contributed by atoms with Crippen LogP contribution >= 0.6 is 0 Å². The molecule has 0 aliphatic carbocycles. The van der Waals surface area contributed by atoms with Crippen LogP contribution in [0.1, 0.15) is 110 Å². The molecule has 0 aliphatic rings. The van der Waals surface area contributed by atoms with E-state index in [1.165, 1.54) is 57.8 Å². The molecule has 0 aliphatic heterocycles. The van der Waals surface area contributed by atoms with Crippen molar-refractivity contribution >= 4 is 5.97 Å². The number of hydrogen-bond donors (Lipinski definition) is 3. The molecule has 178 valence electrons. The number of carbonyl (C=O) groups excluding carboxylic acids is 1. The zero-order valence-electron chi connectivity index (χ0n) is 19.1. The second-order valence-electron chi connectivity index (χ2n) is 7.95. The van der Waals surface area contributed by atoms with Crippen molar-refractivity contribution in [2.45, 2.75) is 122 Å². The summed E-state index contributed by atoms with van der Waals surface area (Å²) in [5.41, 5.74) is 0. The van der Waals surface area contributed by atoms with Gasteiger partial charge in [-0.05, 0) is 32.1 Å². The fourth-order valence-electron chi connectivity index (χ4n) is 3.08. The van der Waals surface area contributed by atoms with E-state index in [9.17, 15) is 9.90 Å². The second-order valence-corrected chi connectivity index (χ2v) is 7.95. The van der Waals surface area contributed by atoms with Gasteiger partial charge in [0.15, 0.2) is 6.29 Å². The summed E-state index contributed by atoms with van der Waals surface area (Å²) in [5, 5.41) is 27.0. The van der Waals surface area contributed by atoms with Crippen molar-refractivity contribution in [2.75, 3.05) is 13.2 Å². The van der Waals surface area contributed by atoms with E-state index in [0.717, 1.165) is 25.7 Å². The Morgan fingerprint density at radius 1 is 0.767 bits per heavy atom. The van der Waals surface area contributed by atoms with E-state index in [2.05, 4.69) is 19.1 Å². The van der Waals surface area contributed by atoms with Crippen LogP contribution in [-0.2, 0) is 14.3 Å². The molecule has 0 radical (unpaired) electrons. The van der Waals surface area contributed by atoms with Crippen LogP contribution in [0.5, 0.6) is 0 Å². The quantitative estimate of drug-likeness (QED) is 0.0969. The molecule has 0 aromatic rings. The molecule has 0 saturated carbocycles. The number of hydrogen-bond acceptors (Lipinski definition) is 6. The van der Waals surface area contributed by atoms with Crippen LogP contribution < -0.4 is 0 Å². The highest BCUT2D eigenvalue weighted by atomic mass is 16.6.